The first-order valence-electron chi connectivity index (χ1n) is 6.85. The number of fused-ring (bicyclic) bond motifs is 1. The molecule has 1 unspecified atom stereocenters. The average Bonchev–Trinajstić information content (AvgIpc) is 2.54. The lowest BCUT2D eigenvalue weighted by Crippen LogP contribution is -2.30. The van der Waals surface area contributed by atoms with Crippen molar-refractivity contribution < 1.29 is 0 Å². The number of nitrogens with zero attached hydrogens (tertiary/aromatic N) is 3. The minimum absolute atomic E-state index is 0.0797. The third-order valence-corrected chi connectivity index (χ3v) is 3.52. The Labute approximate surface area is 123 Å². The summed E-state index contributed by atoms with van der Waals surface area (Å²) < 4.78 is 0. The summed E-state index contributed by atoms with van der Waals surface area (Å²) in [6.45, 7) is 1.91. The van der Waals surface area contributed by atoms with Crippen LogP contribution >= 0.6 is 0 Å². The number of nitrogens with one attached hydrogen (secondary N) is 1. The fourth-order valence-corrected chi connectivity index (χ4v) is 2.38. The number of aromatic nitrogens is 3. The van der Waals surface area contributed by atoms with E-state index in [1.807, 2.05) is 37.4 Å². The molecule has 106 valence electrons. The molecular weight excluding hydrogens is 262 g/mol. The second-order valence-corrected chi connectivity index (χ2v) is 4.99. The summed E-state index contributed by atoms with van der Waals surface area (Å²) in [5, 5.41) is 1.14. The minimum atomic E-state index is -0.0797. The Morgan fingerprint density at radius 1 is 1.10 bits per heavy atom. The van der Waals surface area contributed by atoms with Gasteiger partial charge >= 0.3 is 0 Å². The van der Waals surface area contributed by atoms with E-state index in [0.717, 1.165) is 28.7 Å². The van der Waals surface area contributed by atoms with Crippen molar-refractivity contribution in [2.45, 2.75) is 19.4 Å². The van der Waals surface area contributed by atoms with Gasteiger partial charge in [-0.15, -0.1) is 0 Å². The van der Waals surface area contributed by atoms with Crippen LogP contribution in [0, 0.1) is 6.92 Å². The second-order valence-electron chi connectivity index (χ2n) is 4.99. The van der Waals surface area contributed by atoms with Gasteiger partial charge in [0.2, 0.25) is 0 Å². The maximum absolute atomic E-state index is 5.70. The van der Waals surface area contributed by atoms with E-state index in [0.29, 0.717) is 0 Å². The molecule has 0 aliphatic heterocycles. The van der Waals surface area contributed by atoms with Gasteiger partial charge in [0.05, 0.1) is 29.1 Å². The maximum Gasteiger partial charge on any atom is 0.0773 e. The number of aryl methyl sites for hydroxylation is 1. The van der Waals surface area contributed by atoms with Gasteiger partial charge in [0.25, 0.3) is 0 Å². The Morgan fingerprint density at radius 3 is 2.71 bits per heavy atom. The van der Waals surface area contributed by atoms with Gasteiger partial charge < -0.3 is 0 Å². The zero-order valence-corrected chi connectivity index (χ0v) is 11.8. The molecule has 0 radical (unpaired) electrons. The van der Waals surface area contributed by atoms with Crippen molar-refractivity contribution in [1.29, 1.82) is 0 Å². The molecule has 0 aliphatic rings. The number of hydrazine groups is 1. The first-order chi connectivity index (χ1) is 10.3. The molecule has 1 atom stereocenters. The number of para-hydroxylation sites is 1. The highest BCUT2D eigenvalue weighted by Gasteiger charge is 2.14. The van der Waals surface area contributed by atoms with Crippen molar-refractivity contribution in [3.05, 3.63) is 65.9 Å². The number of pyridine rings is 1. The lowest BCUT2D eigenvalue weighted by molar-refractivity contribution is 0.537. The molecular formula is C16H17N5. The third kappa shape index (κ3) is 2.89. The van der Waals surface area contributed by atoms with Crippen LogP contribution in [0.2, 0.25) is 0 Å². The zero-order valence-electron chi connectivity index (χ0n) is 11.8. The zero-order chi connectivity index (χ0) is 14.7. The summed E-state index contributed by atoms with van der Waals surface area (Å²) in [5.41, 5.74) is 6.73. The van der Waals surface area contributed by atoms with E-state index in [1.165, 1.54) is 5.56 Å². The highest BCUT2D eigenvalue weighted by molar-refractivity contribution is 5.81. The van der Waals surface area contributed by atoms with E-state index in [-0.39, 0.29) is 6.04 Å². The van der Waals surface area contributed by atoms with Crippen LogP contribution in [0.3, 0.4) is 0 Å². The molecule has 0 spiro atoms. The van der Waals surface area contributed by atoms with E-state index >= 15 is 0 Å². The van der Waals surface area contributed by atoms with Crippen molar-refractivity contribution >= 4 is 10.9 Å². The lowest BCUT2D eigenvalue weighted by atomic mass is 10.0. The summed E-state index contributed by atoms with van der Waals surface area (Å²) in [6.07, 6.45) is 6.08. The predicted molar refractivity (Wildman–Crippen MR) is 82.3 cm³/mol. The molecule has 0 saturated heterocycles. The molecule has 2 aromatic heterocycles. The average molecular weight is 279 g/mol. The molecule has 5 nitrogen and oxygen atoms in total. The minimum Gasteiger partial charge on any atom is -0.271 e. The maximum atomic E-state index is 5.70. The van der Waals surface area contributed by atoms with Gasteiger partial charge in [-0.1, -0.05) is 18.2 Å². The summed E-state index contributed by atoms with van der Waals surface area (Å²) in [4.78, 5) is 13.1. The number of hydrogen-bond donors (Lipinski definition) is 2. The Bertz CT molecular complexity index is 734. The summed E-state index contributed by atoms with van der Waals surface area (Å²) >= 11 is 0. The fourth-order valence-electron chi connectivity index (χ4n) is 2.38. The number of nitrogens with two attached hydrogens (primary N) is 1. The number of hydrogen-bond acceptors (Lipinski definition) is 5. The number of rotatable bonds is 4. The second kappa shape index (κ2) is 5.95. The molecule has 5 heteroatoms. The van der Waals surface area contributed by atoms with Crippen LogP contribution in [-0.4, -0.2) is 15.0 Å². The summed E-state index contributed by atoms with van der Waals surface area (Å²) in [7, 11) is 0. The van der Waals surface area contributed by atoms with Crippen molar-refractivity contribution in [3.8, 4) is 0 Å². The topological polar surface area (TPSA) is 76.7 Å². The Hall–Kier alpha value is -2.37. The van der Waals surface area contributed by atoms with Gasteiger partial charge in [-0.05, 0) is 31.0 Å². The molecule has 3 N–H and O–H groups in total. The Morgan fingerprint density at radius 2 is 1.95 bits per heavy atom. The monoisotopic (exact) mass is 279 g/mol. The van der Waals surface area contributed by atoms with Crippen LogP contribution in [0.15, 0.2) is 48.9 Å². The normalized spacial score (nSPS) is 12.5. The first-order valence-corrected chi connectivity index (χ1v) is 6.85. The van der Waals surface area contributed by atoms with Gasteiger partial charge in [-0.3, -0.25) is 26.2 Å². The molecule has 3 aromatic rings. The van der Waals surface area contributed by atoms with Crippen molar-refractivity contribution in [1.82, 2.24) is 20.4 Å². The molecule has 1 aromatic carbocycles. The largest absolute Gasteiger partial charge is 0.271 e. The quantitative estimate of drug-likeness (QED) is 0.565. The molecule has 3 rings (SSSR count). The predicted octanol–water partition coefficient (Wildman–Crippen LogP) is 2.08. The van der Waals surface area contributed by atoms with Crippen LogP contribution in [0.4, 0.5) is 0 Å². The van der Waals surface area contributed by atoms with Crippen LogP contribution in [0.5, 0.6) is 0 Å². The van der Waals surface area contributed by atoms with Gasteiger partial charge in [0, 0.05) is 17.8 Å². The highest BCUT2D eigenvalue weighted by Crippen LogP contribution is 2.22. The molecule has 0 amide bonds. The van der Waals surface area contributed by atoms with Gasteiger partial charge in [0.1, 0.15) is 0 Å². The van der Waals surface area contributed by atoms with E-state index in [1.54, 1.807) is 12.4 Å². The van der Waals surface area contributed by atoms with Crippen LogP contribution in [0.25, 0.3) is 10.9 Å². The van der Waals surface area contributed by atoms with Crippen molar-refractivity contribution in [3.63, 3.8) is 0 Å². The van der Waals surface area contributed by atoms with Crippen LogP contribution in [-0.2, 0) is 6.42 Å². The van der Waals surface area contributed by atoms with Gasteiger partial charge in [-0.25, -0.2) is 0 Å². The number of benzene rings is 1. The Balaban J connectivity index is 1.94. The van der Waals surface area contributed by atoms with E-state index in [2.05, 4.69) is 26.4 Å². The SMILES string of the molecule is Cc1cnc(C(Cc2ccnc3ccccc23)NN)cn1. The summed E-state index contributed by atoms with van der Waals surface area (Å²) in [5.74, 6) is 5.70. The van der Waals surface area contributed by atoms with Gasteiger partial charge in [-0.2, -0.15) is 0 Å². The molecule has 21 heavy (non-hydrogen) atoms. The summed E-state index contributed by atoms with van der Waals surface area (Å²) in [6, 6.07) is 10.0. The van der Waals surface area contributed by atoms with E-state index < -0.39 is 0 Å². The van der Waals surface area contributed by atoms with Crippen molar-refractivity contribution in [2.24, 2.45) is 5.84 Å². The first kappa shape index (κ1) is 13.6. The Kier molecular flexibility index (Phi) is 3.85. The van der Waals surface area contributed by atoms with Gasteiger partial charge in [0.15, 0.2) is 0 Å². The third-order valence-electron chi connectivity index (χ3n) is 3.52. The standard InChI is InChI=1S/C16H17N5/c1-11-9-20-16(10-19-11)15(21-17)8-12-6-7-18-14-5-3-2-4-13(12)14/h2-7,9-10,15,21H,8,17H2,1H3. The lowest BCUT2D eigenvalue weighted by Gasteiger charge is -2.16. The molecule has 2 heterocycles. The smallest absolute Gasteiger partial charge is 0.0773 e. The van der Waals surface area contributed by atoms with Crippen LogP contribution in [0.1, 0.15) is 23.0 Å². The molecule has 0 aliphatic carbocycles. The fraction of sp³-hybridized carbons (Fsp3) is 0.188. The molecule has 0 bridgehead atoms. The van der Waals surface area contributed by atoms with Crippen LogP contribution < -0.4 is 11.3 Å². The van der Waals surface area contributed by atoms with E-state index in [4.69, 9.17) is 5.84 Å². The molecule has 0 saturated carbocycles. The van der Waals surface area contributed by atoms with E-state index in [9.17, 15) is 0 Å². The molecule has 0 fully saturated rings. The highest BCUT2D eigenvalue weighted by atomic mass is 15.2. The van der Waals surface area contributed by atoms with Crippen molar-refractivity contribution in [2.75, 3.05) is 0 Å².